The highest BCUT2D eigenvalue weighted by Gasteiger charge is 2.20. The van der Waals surface area contributed by atoms with Crippen molar-refractivity contribution in [2.75, 3.05) is 0 Å². The summed E-state index contributed by atoms with van der Waals surface area (Å²) in [5.74, 6) is 0.764. The van der Waals surface area contributed by atoms with Crippen LogP contribution in [-0.2, 0) is 0 Å². The molecule has 0 spiro atoms. The van der Waals surface area contributed by atoms with Gasteiger partial charge in [0.05, 0.1) is 33.2 Å². The van der Waals surface area contributed by atoms with Crippen molar-refractivity contribution in [1.29, 1.82) is 0 Å². The zero-order valence-electron chi connectivity index (χ0n) is 41.2. The van der Waals surface area contributed by atoms with E-state index in [1.54, 1.807) is 48.5 Å². The van der Waals surface area contributed by atoms with Crippen LogP contribution in [0.25, 0.3) is 106 Å². The molecule has 0 saturated heterocycles. The topological polar surface area (TPSA) is 56.7 Å². The van der Waals surface area contributed by atoms with Crippen molar-refractivity contribution in [2.45, 2.75) is 0 Å². The average molecular weight is 729 g/mol. The summed E-state index contributed by atoms with van der Waals surface area (Å²) in [6.45, 7) is 0. The predicted molar refractivity (Wildman–Crippen MR) is 229 cm³/mol. The van der Waals surface area contributed by atoms with Crippen molar-refractivity contribution in [3.63, 3.8) is 0 Å². The van der Waals surface area contributed by atoms with Crippen LogP contribution in [0.5, 0.6) is 0 Å². The van der Waals surface area contributed by atoms with Gasteiger partial charge in [0.2, 0.25) is 0 Å². The highest BCUT2D eigenvalue weighted by Crippen LogP contribution is 2.40. The molecule has 3 aromatic heterocycles. The first-order valence-corrected chi connectivity index (χ1v) is 17.8. The summed E-state index contributed by atoms with van der Waals surface area (Å²) in [6.07, 6.45) is 0. The predicted octanol–water partition coefficient (Wildman–Crippen LogP) is 13.2. The molecular weight excluding hydrogens is 685 g/mol. The Morgan fingerprint density at radius 2 is 1.04 bits per heavy atom. The van der Waals surface area contributed by atoms with Gasteiger partial charge in [-0.05, 0) is 71.2 Å². The molecule has 0 N–H and O–H groups in total. The van der Waals surface area contributed by atoms with E-state index >= 15 is 0 Å². The van der Waals surface area contributed by atoms with Crippen molar-refractivity contribution in [2.24, 2.45) is 0 Å². The molecule has 0 aliphatic heterocycles. The molecule has 5 heteroatoms. The minimum Gasteiger partial charge on any atom is -0.456 e. The van der Waals surface area contributed by atoms with Crippen molar-refractivity contribution >= 4 is 43.7 Å². The monoisotopic (exact) mass is 728 g/mol. The molecular formula is C51H32N4O. The maximum atomic E-state index is 9.78. The van der Waals surface area contributed by atoms with Gasteiger partial charge in [-0.25, -0.2) is 15.0 Å². The zero-order chi connectivity index (χ0) is 47.4. The van der Waals surface area contributed by atoms with Gasteiger partial charge in [-0.15, -0.1) is 0 Å². The third-order valence-electron chi connectivity index (χ3n) is 9.79. The molecule has 0 fully saturated rings. The fourth-order valence-electron chi connectivity index (χ4n) is 7.17. The summed E-state index contributed by atoms with van der Waals surface area (Å²) >= 11 is 0. The Bertz CT molecular complexity index is 3920. The van der Waals surface area contributed by atoms with Crippen LogP contribution in [0.2, 0.25) is 0 Å². The van der Waals surface area contributed by atoms with E-state index in [1.807, 2.05) is 72.8 Å². The van der Waals surface area contributed by atoms with E-state index in [0.717, 1.165) is 10.8 Å². The Balaban J connectivity index is 1.26. The van der Waals surface area contributed by atoms with E-state index in [4.69, 9.17) is 27.6 Å². The first-order valence-electron chi connectivity index (χ1n) is 23.8. The lowest BCUT2D eigenvalue weighted by Gasteiger charge is -2.16. The molecule has 0 saturated carbocycles. The van der Waals surface area contributed by atoms with Crippen molar-refractivity contribution in [1.82, 2.24) is 19.5 Å². The highest BCUT2D eigenvalue weighted by molar-refractivity contribution is 6.11. The van der Waals surface area contributed by atoms with Crippen LogP contribution in [0.15, 0.2) is 198 Å². The Kier molecular flexibility index (Phi) is 5.10. The summed E-state index contributed by atoms with van der Waals surface area (Å²) in [4.78, 5) is 14.8. The van der Waals surface area contributed by atoms with Gasteiger partial charge in [0.25, 0.3) is 0 Å². The second kappa shape index (κ2) is 13.0. The van der Waals surface area contributed by atoms with Gasteiger partial charge < -0.3 is 8.98 Å². The quantitative estimate of drug-likeness (QED) is 0.171. The number of benzene rings is 8. The first kappa shape index (κ1) is 21.9. The minimum atomic E-state index is -0.632. The van der Waals surface area contributed by atoms with Gasteiger partial charge in [0.15, 0.2) is 17.5 Å². The largest absolute Gasteiger partial charge is 0.456 e. The van der Waals surface area contributed by atoms with E-state index in [2.05, 4.69) is 0 Å². The standard InChI is InChI=1S/C51H32N4O/c1-4-14-33(15-5-1)36-24-27-40-39-20-10-12-22-44(39)55(46(40)32-36)45-28-25-37(30-42(45)34-16-6-2-7-17-34)50-52-49(35-18-8-3-9-19-35)53-51(54-50)38-26-29-48-43(31-38)41-21-11-13-23-47(41)56-48/h1-32H/i2D,6D,7D,10D,12D,16D,17D,20D,22D,24D,27D,32D. The molecule has 11 aromatic rings. The van der Waals surface area contributed by atoms with Crippen LogP contribution in [-0.4, -0.2) is 19.5 Å². The van der Waals surface area contributed by atoms with Gasteiger partial charge in [0.1, 0.15) is 11.2 Å². The van der Waals surface area contributed by atoms with E-state index in [0.29, 0.717) is 45.1 Å². The van der Waals surface area contributed by atoms with Crippen molar-refractivity contribution in [3.8, 4) is 62.1 Å². The third-order valence-corrected chi connectivity index (χ3v) is 9.79. The number of aromatic nitrogens is 4. The molecule has 262 valence electrons. The maximum absolute atomic E-state index is 9.78. The molecule has 11 rings (SSSR count). The molecule has 0 bridgehead atoms. The smallest absolute Gasteiger partial charge is 0.164 e. The molecule has 0 radical (unpaired) electrons. The van der Waals surface area contributed by atoms with Gasteiger partial charge in [-0.1, -0.05) is 139 Å². The number of hydrogen-bond acceptors (Lipinski definition) is 4. The molecule has 5 nitrogen and oxygen atoms in total. The van der Waals surface area contributed by atoms with E-state index in [9.17, 15) is 8.22 Å². The molecule has 0 unspecified atom stereocenters. The molecule has 0 amide bonds. The Labute approximate surface area is 339 Å². The maximum Gasteiger partial charge on any atom is 0.164 e. The van der Waals surface area contributed by atoms with Crippen LogP contribution < -0.4 is 0 Å². The highest BCUT2D eigenvalue weighted by atomic mass is 16.3. The lowest BCUT2D eigenvalue weighted by Crippen LogP contribution is -2.02. The number of nitrogens with zero attached hydrogens (tertiary/aromatic N) is 4. The van der Waals surface area contributed by atoms with E-state index in [1.165, 1.54) is 4.57 Å². The second-order valence-corrected chi connectivity index (χ2v) is 13.1. The van der Waals surface area contributed by atoms with Gasteiger partial charge in [-0.3, -0.25) is 0 Å². The fourth-order valence-corrected chi connectivity index (χ4v) is 7.17. The first-order chi connectivity index (χ1) is 32.7. The minimum absolute atomic E-state index is 0.00219. The van der Waals surface area contributed by atoms with E-state index < -0.39 is 60.4 Å². The van der Waals surface area contributed by atoms with Crippen LogP contribution >= 0.6 is 0 Å². The molecule has 0 aliphatic carbocycles. The lowest BCUT2D eigenvalue weighted by atomic mass is 9.99. The Morgan fingerprint density at radius 1 is 0.411 bits per heavy atom. The van der Waals surface area contributed by atoms with Crippen molar-refractivity contribution < 1.29 is 20.9 Å². The Morgan fingerprint density at radius 3 is 1.84 bits per heavy atom. The van der Waals surface area contributed by atoms with Gasteiger partial charge in [-0.2, -0.15) is 0 Å². The number of fused-ring (bicyclic) bond motifs is 6. The van der Waals surface area contributed by atoms with Crippen LogP contribution in [0, 0.1) is 0 Å². The molecule has 3 heterocycles. The summed E-state index contributed by atoms with van der Waals surface area (Å²) in [5.41, 5.74) is 3.13. The molecule has 0 aliphatic rings. The number of rotatable bonds is 6. The summed E-state index contributed by atoms with van der Waals surface area (Å²) in [7, 11) is 0. The Hall–Kier alpha value is -7.63. The van der Waals surface area contributed by atoms with Crippen molar-refractivity contribution in [3.05, 3.63) is 194 Å². The van der Waals surface area contributed by atoms with Crippen LogP contribution in [0.1, 0.15) is 16.4 Å². The van der Waals surface area contributed by atoms with Gasteiger partial charge >= 0.3 is 0 Å². The molecule has 8 aromatic carbocycles. The summed E-state index contributed by atoms with van der Waals surface area (Å²) in [6, 6.07) is 29.7. The lowest BCUT2D eigenvalue weighted by molar-refractivity contribution is 0.669. The summed E-state index contributed by atoms with van der Waals surface area (Å²) in [5, 5.41) is 1.54. The SMILES string of the molecule is [2H]c1c([2H])c([2H])c(-c2cc(-c3nc(-c4ccccc4)nc(-c4ccc5oc6ccccc6c5c4)n3)ccc2-n2c3c([2H])c([2H])c([2H])c([2H])c3c3c([2H])c([2H])c(-c4ccccc4)c([2H])c32)c([2H])c1[2H]. The normalized spacial score (nSPS) is 14.6. The number of hydrogen-bond donors (Lipinski definition) is 0. The van der Waals surface area contributed by atoms with Gasteiger partial charge in [0, 0.05) is 43.8 Å². The van der Waals surface area contributed by atoms with Crippen LogP contribution in [0.4, 0.5) is 0 Å². The zero-order valence-corrected chi connectivity index (χ0v) is 29.2. The third kappa shape index (κ3) is 5.37. The average Bonchev–Trinajstić information content (AvgIpc) is 3.93. The summed E-state index contributed by atoms with van der Waals surface area (Å²) < 4.78 is 116. The molecule has 0 atom stereocenters. The van der Waals surface area contributed by atoms with E-state index in [-0.39, 0.29) is 62.1 Å². The second-order valence-electron chi connectivity index (χ2n) is 13.1. The fraction of sp³-hybridized carbons (Fsp3) is 0. The van der Waals surface area contributed by atoms with Crippen LogP contribution in [0.3, 0.4) is 0 Å². The molecule has 56 heavy (non-hydrogen) atoms. The number of furan rings is 1. The number of para-hydroxylation sites is 2.